The van der Waals surface area contributed by atoms with Gasteiger partial charge in [0.25, 0.3) is 0 Å². The van der Waals surface area contributed by atoms with Gasteiger partial charge in [-0.3, -0.25) is 0 Å². The summed E-state index contributed by atoms with van der Waals surface area (Å²) in [4.78, 5) is 0. The SMILES string of the molecule is CCCCCCCCCCCCC(N)CC#N.[NaH]. The molecule has 0 radical (unpaired) electrons. The van der Waals surface area contributed by atoms with Crippen LogP contribution in [-0.2, 0) is 0 Å². The number of nitrogens with two attached hydrogens (primary N) is 1. The van der Waals surface area contributed by atoms with Gasteiger partial charge in [-0.1, -0.05) is 71.1 Å². The fraction of sp³-hybridized carbons (Fsp3) is 0.933. The third kappa shape index (κ3) is 16.4. The topological polar surface area (TPSA) is 49.8 Å². The first-order chi connectivity index (χ1) is 8.31. The van der Waals surface area contributed by atoms with Crippen molar-refractivity contribution in [3.63, 3.8) is 0 Å². The molecule has 0 bridgehead atoms. The van der Waals surface area contributed by atoms with E-state index in [0.29, 0.717) is 6.42 Å². The van der Waals surface area contributed by atoms with E-state index in [-0.39, 0.29) is 35.6 Å². The van der Waals surface area contributed by atoms with Crippen molar-refractivity contribution in [3.8, 4) is 6.07 Å². The molecule has 0 amide bonds. The summed E-state index contributed by atoms with van der Waals surface area (Å²) < 4.78 is 0. The number of nitriles is 1. The zero-order valence-electron chi connectivity index (χ0n) is 11.6. The van der Waals surface area contributed by atoms with Crippen LogP contribution in [0.15, 0.2) is 0 Å². The van der Waals surface area contributed by atoms with Gasteiger partial charge in [0.1, 0.15) is 0 Å². The normalized spacial score (nSPS) is 11.6. The second kappa shape index (κ2) is 17.4. The van der Waals surface area contributed by atoms with Gasteiger partial charge in [-0.15, -0.1) is 0 Å². The zero-order chi connectivity index (χ0) is 12.8. The predicted molar refractivity (Wildman–Crippen MR) is 81.8 cm³/mol. The molecule has 0 rings (SSSR count). The minimum absolute atomic E-state index is 0. The van der Waals surface area contributed by atoms with E-state index in [2.05, 4.69) is 13.0 Å². The molecule has 2 N–H and O–H groups in total. The second-order valence-electron chi connectivity index (χ2n) is 5.09. The molecule has 2 nitrogen and oxygen atoms in total. The number of unbranched alkanes of at least 4 members (excludes halogenated alkanes) is 9. The van der Waals surface area contributed by atoms with E-state index in [4.69, 9.17) is 11.0 Å². The van der Waals surface area contributed by atoms with Crippen molar-refractivity contribution < 1.29 is 0 Å². The van der Waals surface area contributed by atoms with Crippen LogP contribution in [0.1, 0.15) is 84.0 Å². The quantitative estimate of drug-likeness (QED) is 0.428. The number of hydrogen-bond donors (Lipinski definition) is 1. The fourth-order valence-electron chi connectivity index (χ4n) is 2.11. The Morgan fingerprint density at radius 3 is 1.78 bits per heavy atom. The molecule has 1 unspecified atom stereocenters. The molecule has 102 valence electrons. The summed E-state index contributed by atoms with van der Waals surface area (Å²) in [5, 5.41) is 8.47. The molecule has 0 saturated carbocycles. The van der Waals surface area contributed by atoms with Gasteiger partial charge >= 0.3 is 29.6 Å². The Labute approximate surface area is 136 Å². The Kier molecular flexibility index (Phi) is 20.1. The number of rotatable bonds is 12. The number of nitrogens with zero attached hydrogens (tertiary/aromatic N) is 1. The van der Waals surface area contributed by atoms with Crippen LogP contribution in [0.2, 0.25) is 0 Å². The van der Waals surface area contributed by atoms with Crippen LogP contribution in [-0.4, -0.2) is 35.6 Å². The molecule has 0 heterocycles. The summed E-state index contributed by atoms with van der Waals surface area (Å²) in [5.74, 6) is 0. The molecule has 0 spiro atoms. The Bertz CT molecular complexity index is 189. The van der Waals surface area contributed by atoms with Gasteiger partial charge in [0.15, 0.2) is 0 Å². The Balaban J connectivity index is 0. The molecule has 1 atom stereocenters. The van der Waals surface area contributed by atoms with Crippen LogP contribution < -0.4 is 5.73 Å². The average molecular weight is 262 g/mol. The Morgan fingerprint density at radius 1 is 0.889 bits per heavy atom. The van der Waals surface area contributed by atoms with Gasteiger partial charge in [-0.05, 0) is 6.42 Å². The van der Waals surface area contributed by atoms with Crippen molar-refractivity contribution >= 4 is 29.6 Å². The molecule has 0 aromatic carbocycles. The standard InChI is InChI=1S/C15H30N2.Na.H/c1-2-3-4-5-6-7-8-9-10-11-12-15(17)13-14-16;;/h15H,2-13,17H2,1H3;;. The van der Waals surface area contributed by atoms with Gasteiger partial charge in [0.05, 0.1) is 12.5 Å². The van der Waals surface area contributed by atoms with Gasteiger partial charge in [0, 0.05) is 6.04 Å². The third-order valence-corrected chi connectivity index (χ3v) is 3.28. The van der Waals surface area contributed by atoms with E-state index >= 15 is 0 Å². The Morgan fingerprint density at radius 2 is 1.33 bits per heavy atom. The Hall–Kier alpha value is 0.450. The molecule has 0 aliphatic carbocycles. The average Bonchev–Trinajstić information content (AvgIpc) is 2.32. The van der Waals surface area contributed by atoms with Gasteiger partial charge in [-0.2, -0.15) is 5.26 Å². The zero-order valence-corrected chi connectivity index (χ0v) is 11.6. The van der Waals surface area contributed by atoms with Crippen molar-refractivity contribution in [2.75, 3.05) is 0 Å². The van der Waals surface area contributed by atoms with E-state index in [9.17, 15) is 0 Å². The van der Waals surface area contributed by atoms with Crippen molar-refractivity contribution in [2.45, 2.75) is 90.0 Å². The molecule has 0 saturated heterocycles. The van der Waals surface area contributed by atoms with Crippen LogP contribution in [0.5, 0.6) is 0 Å². The van der Waals surface area contributed by atoms with Gasteiger partial charge in [-0.25, -0.2) is 0 Å². The van der Waals surface area contributed by atoms with E-state index < -0.39 is 0 Å². The molecule has 0 fully saturated rings. The van der Waals surface area contributed by atoms with Crippen LogP contribution in [0.4, 0.5) is 0 Å². The van der Waals surface area contributed by atoms with Gasteiger partial charge in [0.2, 0.25) is 0 Å². The summed E-state index contributed by atoms with van der Waals surface area (Å²) in [6.07, 6.45) is 15.1. The third-order valence-electron chi connectivity index (χ3n) is 3.28. The van der Waals surface area contributed by atoms with Crippen LogP contribution >= 0.6 is 0 Å². The summed E-state index contributed by atoms with van der Waals surface area (Å²) in [7, 11) is 0. The van der Waals surface area contributed by atoms with E-state index in [1.807, 2.05) is 0 Å². The van der Waals surface area contributed by atoms with Crippen molar-refractivity contribution in [1.82, 2.24) is 0 Å². The van der Waals surface area contributed by atoms with E-state index in [0.717, 1.165) is 6.42 Å². The van der Waals surface area contributed by atoms with Crippen LogP contribution in [0.25, 0.3) is 0 Å². The minimum atomic E-state index is 0. The molecular weight excluding hydrogens is 231 g/mol. The van der Waals surface area contributed by atoms with Crippen molar-refractivity contribution in [3.05, 3.63) is 0 Å². The predicted octanol–water partition coefficient (Wildman–Crippen LogP) is 3.89. The molecule has 0 aromatic heterocycles. The van der Waals surface area contributed by atoms with Crippen LogP contribution in [0, 0.1) is 11.3 Å². The first kappa shape index (κ1) is 20.8. The maximum atomic E-state index is 8.47. The van der Waals surface area contributed by atoms with Crippen molar-refractivity contribution in [2.24, 2.45) is 5.73 Å². The molecule has 3 heteroatoms. The maximum absolute atomic E-state index is 8.47. The number of hydrogen-bond acceptors (Lipinski definition) is 2. The van der Waals surface area contributed by atoms with E-state index in [1.54, 1.807) is 0 Å². The second-order valence-corrected chi connectivity index (χ2v) is 5.09. The van der Waals surface area contributed by atoms with Crippen molar-refractivity contribution in [1.29, 1.82) is 5.26 Å². The molecule has 0 aliphatic rings. The summed E-state index contributed by atoms with van der Waals surface area (Å²) in [5.41, 5.74) is 5.77. The van der Waals surface area contributed by atoms with Gasteiger partial charge < -0.3 is 5.73 Å². The summed E-state index contributed by atoms with van der Waals surface area (Å²) >= 11 is 0. The summed E-state index contributed by atoms with van der Waals surface area (Å²) in [6.45, 7) is 2.26. The molecule has 0 aromatic rings. The first-order valence-corrected chi connectivity index (χ1v) is 7.43. The molecule has 18 heavy (non-hydrogen) atoms. The van der Waals surface area contributed by atoms with Crippen LogP contribution in [0.3, 0.4) is 0 Å². The molecular formula is C15H31N2Na. The molecule has 0 aliphatic heterocycles. The fourth-order valence-corrected chi connectivity index (χ4v) is 2.11. The monoisotopic (exact) mass is 262 g/mol. The summed E-state index contributed by atoms with van der Waals surface area (Å²) in [6, 6.07) is 2.23. The first-order valence-electron chi connectivity index (χ1n) is 7.43. The van der Waals surface area contributed by atoms with E-state index in [1.165, 1.54) is 64.2 Å².